The fourth-order valence-corrected chi connectivity index (χ4v) is 4.39. The summed E-state index contributed by atoms with van der Waals surface area (Å²) in [6, 6.07) is 9.50. The van der Waals surface area contributed by atoms with Crippen molar-refractivity contribution in [3.63, 3.8) is 0 Å². The van der Waals surface area contributed by atoms with Gasteiger partial charge in [-0.25, -0.2) is 9.78 Å². The van der Waals surface area contributed by atoms with E-state index in [1.165, 1.54) is 4.57 Å². The highest BCUT2D eigenvalue weighted by atomic mass is 16.9. The van der Waals surface area contributed by atoms with Crippen LogP contribution < -0.4 is 5.56 Å². The fourth-order valence-electron chi connectivity index (χ4n) is 4.39. The average Bonchev–Trinajstić information content (AvgIpc) is 2.80. The van der Waals surface area contributed by atoms with Crippen molar-refractivity contribution in [2.45, 2.75) is 51.1 Å². The Hall–Kier alpha value is -2.95. The molecule has 10 nitrogen and oxygen atoms in total. The van der Waals surface area contributed by atoms with E-state index in [9.17, 15) is 14.7 Å². The van der Waals surface area contributed by atoms with E-state index in [2.05, 4.69) is 4.98 Å². The molecule has 1 N–H and O–H groups in total. The normalized spacial score (nSPS) is 24.0. The van der Waals surface area contributed by atoms with Gasteiger partial charge >= 0.3 is 6.09 Å². The van der Waals surface area contributed by atoms with Crippen molar-refractivity contribution in [3.05, 3.63) is 57.8 Å². The lowest BCUT2D eigenvalue weighted by Crippen LogP contribution is -2.52. The second kappa shape index (κ2) is 8.19. The van der Waals surface area contributed by atoms with E-state index in [0.29, 0.717) is 44.9 Å². The van der Waals surface area contributed by atoms with E-state index in [1.54, 1.807) is 11.8 Å². The maximum atomic E-state index is 12.8. The van der Waals surface area contributed by atoms with Gasteiger partial charge in [0.05, 0.1) is 13.2 Å². The van der Waals surface area contributed by atoms with Gasteiger partial charge in [-0.05, 0) is 12.5 Å². The Kier molecular flexibility index (Phi) is 5.36. The molecule has 32 heavy (non-hydrogen) atoms. The average molecular weight is 443 g/mol. The van der Waals surface area contributed by atoms with Crippen LogP contribution in [-0.4, -0.2) is 51.6 Å². The molecule has 0 aliphatic carbocycles. The zero-order chi connectivity index (χ0) is 22.3. The topological polar surface area (TPSA) is 112 Å². The fraction of sp³-hybridized carbons (Fsp3) is 0.500. The van der Waals surface area contributed by atoms with Crippen molar-refractivity contribution >= 4 is 6.09 Å². The van der Waals surface area contributed by atoms with Crippen LogP contribution in [0.4, 0.5) is 4.79 Å². The Bertz CT molecular complexity index is 1060. The van der Waals surface area contributed by atoms with Crippen LogP contribution >= 0.6 is 0 Å². The van der Waals surface area contributed by atoms with Crippen molar-refractivity contribution in [2.75, 3.05) is 19.7 Å². The van der Waals surface area contributed by atoms with E-state index >= 15 is 0 Å². The summed E-state index contributed by atoms with van der Waals surface area (Å²) in [5, 5.41) is 10.4. The standard InChI is InChI=1S/C22H25N3O7/c1-14-31-19(32-14)16-17(26)18(27)25-11-12-30-22(20(25)23-16)7-9-24(10-8-22)21(28)29-13-15-5-3-2-4-6-15/h2-6,14,19,26H,7-13H2,1H3. The molecule has 3 aliphatic rings. The summed E-state index contributed by atoms with van der Waals surface area (Å²) in [4.78, 5) is 31.5. The number of rotatable bonds is 3. The Morgan fingerprint density at radius 3 is 2.62 bits per heavy atom. The number of likely N-dealkylation sites (tertiary alicyclic amines) is 1. The molecular formula is C22H25N3O7. The van der Waals surface area contributed by atoms with Gasteiger partial charge < -0.3 is 29.0 Å². The van der Waals surface area contributed by atoms with Gasteiger partial charge in [0.2, 0.25) is 12.0 Å². The third-order valence-corrected chi connectivity index (χ3v) is 6.16. The molecule has 0 saturated carbocycles. The molecule has 1 aromatic carbocycles. The summed E-state index contributed by atoms with van der Waals surface area (Å²) in [6.07, 6.45) is -0.785. The van der Waals surface area contributed by atoms with Gasteiger partial charge in [-0.1, -0.05) is 30.3 Å². The number of aromatic hydroxyl groups is 1. The number of benzene rings is 1. The Morgan fingerprint density at radius 2 is 1.94 bits per heavy atom. The number of hydrogen-bond donors (Lipinski definition) is 1. The molecule has 2 fully saturated rings. The number of fused-ring (bicyclic) bond motifs is 2. The number of nitrogens with zero attached hydrogens (tertiary/aromatic N) is 3. The maximum absolute atomic E-state index is 12.8. The molecule has 1 spiro atoms. The lowest BCUT2D eigenvalue weighted by atomic mass is 9.89. The van der Waals surface area contributed by atoms with Gasteiger partial charge in [-0.3, -0.25) is 9.36 Å². The number of aromatic nitrogens is 2. The predicted octanol–water partition coefficient (Wildman–Crippen LogP) is 2.00. The van der Waals surface area contributed by atoms with Crippen LogP contribution in [0.3, 0.4) is 0 Å². The summed E-state index contributed by atoms with van der Waals surface area (Å²) < 4.78 is 23.9. The number of amides is 1. The van der Waals surface area contributed by atoms with Crippen LogP contribution in [0.25, 0.3) is 0 Å². The molecule has 5 rings (SSSR count). The molecule has 0 radical (unpaired) electrons. The van der Waals surface area contributed by atoms with E-state index in [0.717, 1.165) is 5.56 Å². The second-order valence-corrected chi connectivity index (χ2v) is 8.17. The van der Waals surface area contributed by atoms with E-state index < -0.39 is 29.5 Å². The summed E-state index contributed by atoms with van der Waals surface area (Å²) >= 11 is 0. The summed E-state index contributed by atoms with van der Waals surface area (Å²) in [7, 11) is 0. The lowest BCUT2D eigenvalue weighted by molar-refractivity contribution is -0.384. The molecule has 3 aliphatic heterocycles. The molecule has 1 aromatic heterocycles. The lowest BCUT2D eigenvalue weighted by Gasteiger charge is -2.44. The number of ether oxygens (including phenoxy) is 4. The van der Waals surface area contributed by atoms with Crippen LogP contribution in [0, 0.1) is 0 Å². The van der Waals surface area contributed by atoms with Crippen molar-refractivity contribution in [2.24, 2.45) is 0 Å². The molecule has 0 atom stereocenters. The first-order valence-corrected chi connectivity index (χ1v) is 10.7. The summed E-state index contributed by atoms with van der Waals surface area (Å²) in [6.45, 7) is 3.33. The molecule has 0 unspecified atom stereocenters. The molecule has 4 heterocycles. The van der Waals surface area contributed by atoms with Gasteiger partial charge in [-0.15, -0.1) is 0 Å². The highest BCUT2D eigenvalue weighted by Gasteiger charge is 2.46. The van der Waals surface area contributed by atoms with Gasteiger partial charge in [0.1, 0.15) is 23.7 Å². The Balaban J connectivity index is 1.32. The first-order valence-electron chi connectivity index (χ1n) is 10.7. The minimum absolute atomic E-state index is 0.0638. The SMILES string of the molecule is CC1OC(c2nc3n(c(=O)c2O)CCOC32CCN(C(=O)OCc3ccccc3)CC2)O1. The van der Waals surface area contributed by atoms with Gasteiger partial charge in [0.15, 0.2) is 6.29 Å². The summed E-state index contributed by atoms with van der Waals surface area (Å²) in [5.74, 6) is -0.0322. The van der Waals surface area contributed by atoms with Crippen LogP contribution in [0.15, 0.2) is 35.1 Å². The van der Waals surface area contributed by atoms with Crippen molar-refractivity contribution in [3.8, 4) is 5.75 Å². The van der Waals surface area contributed by atoms with Crippen LogP contribution in [-0.2, 0) is 37.7 Å². The molecule has 0 bridgehead atoms. The second-order valence-electron chi connectivity index (χ2n) is 8.17. The van der Waals surface area contributed by atoms with Gasteiger partial charge in [-0.2, -0.15) is 0 Å². The number of carbonyl (C=O) groups is 1. The van der Waals surface area contributed by atoms with Crippen LogP contribution in [0.5, 0.6) is 5.75 Å². The molecule has 10 heteroatoms. The Labute approximate surface area is 184 Å². The quantitative estimate of drug-likeness (QED) is 0.767. The molecule has 1 amide bonds. The highest BCUT2D eigenvalue weighted by Crippen LogP contribution is 2.40. The largest absolute Gasteiger partial charge is 0.502 e. The number of piperidine rings is 1. The third-order valence-electron chi connectivity index (χ3n) is 6.16. The predicted molar refractivity (Wildman–Crippen MR) is 110 cm³/mol. The molecule has 2 saturated heterocycles. The van der Waals surface area contributed by atoms with Gasteiger partial charge in [0, 0.05) is 25.9 Å². The zero-order valence-corrected chi connectivity index (χ0v) is 17.7. The minimum Gasteiger partial charge on any atom is -0.502 e. The van der Waals surface area contributed by atoms with E-state index in [1.807, 2.05) is 30.3 Å². The molecule has 2 aromatic rings. The molecule has 170 valence electrons. The summed E-state index contributed by atoms with van der Waals surface area (Å²) in [5.41, 5.74) is -0.381. The number of carbonyl (C=O) groups excluding carboxylic acids is 1. The highest BCUT2D eigenvalue weighted by molar-refractivity contribution is 5.67. The third kappa shape index (κ3) is 3.64. The van der Waals surface area contributed by atoms with Crippen LogP contribution in [0.2, 0.25) is 0 Å². The Morgan fingerprint density at radius 1 is 1.22 bits per heavy atom. The zero-order valence-electron chi connectivity index (χ0n) is 17.7. The van der Waals surface area contributed by atoms with E-state index in [4.69, 9.17) is 18.9 Å². The smallest absolute Gasteiger partial charge is 0.410 e. The first kappa shape index (κ1) is 20.9. The van der Waals surface area contributed by atoms with Crippen molar-refractivity contribution in [1.82, 2.24) is 14.5 Å². The monoisotopic (exact) mass is 443 g/mol. The minimum atomic E-state index is -0.879. The first-order chi connectivity index (χ1) is 15.5. The van der Waals surface area contributed by atoms with Gasteiger partial charge in [0.25, 0.3) is 5.56 Å². The van der Waals surface area contributed by atoms with Crippen molar-refractivity contribution < 1.29 is 28.8 Å². The number of hydrogen-bond acceptors (Lipinski definition) is 8. The molecular weight excluding hydrogens is 418 g/mol. The van der Waals surface area contributed by atoms with Crippen molar-refractivity contribution in [1.29, 1.82) is 0 Å². The maximum Gasteiger partial charge on any atom is 0.410 e. The van der Waals surface area contributed by atoms with Crippen LogP contribution in [0.1, 0.15) is 43.1 Å². The van der Waals surface area contributed by atoms with E-state index in [-0.39, 0.29) is 18.4 Å².